The van der Waals surface area contributed by atoms with Gasteiger partial charge < -0.3 is 86.1 Å². The first-order valence-electron chi connectivity index (χ1n) is 19.3. The van der Waals surface area contributed by atoms with Gasteiger partial charge >= 0.3 is 0 Å². The highest BCUT2D eigenvalue weighted by Gasteiger charge is 2.64. The molecule has 2 aliphatic carbocycles. The van der Waals surface area contributed by atoms with Crippen LogP contribution in [0, 0.1) is 0 Å². The molecular weight excluding hydrogens is 868 g/mol. The number of allylic oxidation sites excluding steroid dienone is 6. The summed E-state index contributed by atoms with van der Waals surface area (Å²) in [4.78, 5) is 70.9. The van der Waals surface area contributed by atoms with Crippen LogP contribution in [0.3, 0.4) is 0 Å². The third kappa shape index (κ3) is 8.22. The van der Waals surface area contributed by atoms with E-state index in [1.165, 1.54) is 48.5 Å². The highest BCUT2D eigenvalue weighted by atomic mass is 16.6. The molecule has 0 bridgehead atoms. The Kier molecular flexibility index (Phi) is 13.6. The van der Waals surface area contributed by atoms with Crippen molar-refractivity contribution in [3.05, 3.63) is 117 Å². The normalized spacial score (nSPS) is 34.4. The first-order chi connectivity index (χ1) is 30.5. The average molecular weight is 911 g/mol. The molecule has 22 heteroatoms. The van der Waals surface area contributed by atoms with Gasteiger partial charge in [0.15, 0.2) is 11.6 Å². The summed E-state index contributed by atoms with van der Waals surface area (Å²) in [6.45, 7) is -2.32. The highest BCUT2D eigenvalue weighted by Crippen LogP contribution is 2.45. The molecule has 2 heterocycles. The number of carbonyl (C=O) groups is 5. The lowest BCUT2D eigenvalue weighted by Gasteiger charge is -2.47. The summed E-state index contributed by atoms with van der Waals surface area (Å²) in [6.07, 6.45) is -19.9. The molecule has 2 saturated heterocycles. The van der Waals surface area contributed by atoms with E-state index in [1.807, 2.05) is 0 Å². The minimum atomic E-state index is -3.89. The van der Waals surface area contributed by atoms with Gasteiger partial charge in [-0.15, -0.1) is 0 Å². The van der Waals surface area contributed by atoms with Crippen LogP contribution in [0.25, 0.3) is 12.2 Å². The van der Waals surface area contributed by atoms with Crippen molar-refractivity contribution in [3.8, 4) is 11.5 Å². The lowest BCUT2D eigenvalue weighted by molar-refractivity contribution is -0.265. The lowest BCUT2D eigenvalue weighted by Crippen LogP contribution is -2.69. The molecule has 22 nitrogen and oxygen atoms in total. The fraction of sp³-hybridized carbons (Fsp3) is 0.326. The third-order valence-corrected chi connectivity index (χ3v) is 11.4. The molecule has 2 fully saturated rings. The minimum absolute atomic E-state index is 0.0686. The summed E-state index contributed by atoms with van der Waals surface area (Å²) in [5, 5.41) is 162. The van der Waals surface area contributed by atoms with Gasteiger partial charge in [0.1, 0.15) is 101 Å². The molecule has 2 aromatic carbocycles. The van der Waals surface area contributed by atoms with Crippen molar-refractivity contribution in [1.82, 2.24) is 0 Å². The molecule has 0 aromatic heterocycles. The van der Waals surface area contributed by atoms with Crippen LogP contribution in [0.5, 0.6) is 11.5 Å². The quantitative estimate of drug-likeness (QED) is 0.0759. The number of hydrogen-bond acceptors (Lipinski definition) is 22. The predicted molar refractivity (Wildman–Crippen MR) is 214 cm³/mol. The minimum Gasteiger partial charge on any atom is -0.508 e. The molecule has 0 saturated carbocycles. The van der Waals surface area contributed by atoms with Gasteiger partial charge in [0.05, 0.1) is 24.4 Å². The van der Waals surface area contributed by atoms with Crippen molar-refractivity contribution < 1.29 is 110 Å². The number of aromatic hydroxyl groups is 2. The number of aliphatic hydroxyl groups excluding tert-OH is 11. The van der Waals surface area contributed by atoms with E-state index < -0.39 is 154 Å². The lowest BCUT2D eigenvalue weighted by atomic mass is 9.70. The average Bonchev–Trinajstić information content (AvgIpc) is 3.28. The van der Waals surface area contributed by atoms with Gasteiger partial charge in [-0.25, -0.2) is 0 Å². The monoisotopic (exact) mass is 910 g/mol. The van der Waals surface area contributed by atoms with Crippen molar-refractivity contribution in [2.45, 2.75) is 72.2 Å². The van der Waals surface area contributed by atoms with Crippen LogP contribution in [0.15, 0.2) is 106 Å². The number of carbonyl (C=O) groups excluding carboxylic acids is 5. The topological polar surface area (TPSA) is 407 Å². The van der Waals surface area contributed by atoms with E-state index in [0.29, 0.717) is 12.2 Å². The summed E-state index contributed by atoms with van der Waals surface area (Å²) in [6, 6.07) is 9.97. The summed E-state index contributed by atoms with van der Waals surface area (Å²) >= 11 is 0. The van der Waals surface area contributed by atoms with Crippen molar-refractivity contribution >= 4 is 41.1 Å². The highest BCUT2D eigenvalue weighted by molar-refractivity contribution is 6.42. The Morgan fingerprint density at radius 3 is 1.34 bits per heavy atom. The summed E-state index contributed by atoms with van der Waals surface area (Å²) in [5.41, 5.74) is -13.4. The summed E-state index contributed by atoms with van der Waals surface area (Å²) < 4.78 is 10.7. The van der Waals surface area contributed by atoms with Crippen molar-refractivity contribution in [1.29, 1.82) is 0 Å². The number of phenols is 2. The third-order valence-electron chi connectivity index (χ3n) is 11.4. The first kappa shape index (κ1) is 48.2. The zero-order chi connectivity index (χ0) is 48.0. The van der Waals surface area contributed by atoms with Gasteiger partial charge in [-0.05, 0) is 53.6 Å². The van der Waals surface area contributed by atoms with Gasteiger partial charge in [0.25, 0.3) is 0 Å². The largest absolute Gasteiger partial charge is 0.508 e. The molecule has 8 unspecified atom stereocenters. The number of ketones is 5. The SMILES string of the molecule is O=C(/C=C/c1ccc(O)cc1)C1=C(O)[C@](O)([C@@H]2OC(CO)C(O)C(O)C2O)C(O)=C(/C=C2/C(=O)C(C(=O)/C=C/c3ccc(O)cc3)=C(O)[C@@](O)([C@@H]3OC(CO)C(O)C(O)C3O)C2=O)C1=O. The second-order valence-corrected chi connectivity index (χ2v) is 15.4. The van der Waals surface area contributed by atoms with Crippen LogP contribution >= 0.6 is 0 Å². The molecular formula is C43H42O22. The predicted octanol–water partition coefficient (Wildman–Crippen LogP) is -3.79. The molecule has 65 heavy (non-hydrogen) atoms. The smallest absolute Gasteiger partial charge is 0.214 e. The van der Waals surface area contributed by atoms with Crippen LogP contribution < -0.4 is 0 Å². The zero-order valence-electron chi connectivity index (χ0n) is 33.3. The Hall–Kier alpha value is -6.25. The number of aliphatic hydroxyl groups is 13. The summed E-state index contributed by atoms with van der Waals surface area (Å²) in [7, 11) is 0. The van der Waals surface area contributed by atoms with E-state index in [2.05, 4.69) is 0 Å². The Labute approximate surface area is 365 Å². The van der Waals surface area contributed by atoms with E-state index >= 15 is 0 Å². The van der Waals surface area contributed by atoms with E-state index in [1.54, 1.807) is 0 Å². The van der Waals surface area contributed by atoms with Gasteiger partial charge in [-0.1, -0.05) is 36.4 Å². The molecule has 0 radical (unpaired) electrons. The molecule has 15 N–H and O–H groups in total. The molecule has 2 aliphatic heterocycles. The molecule has 0 amide bonds. The Morgan fingerprint density at radius 1 is 0.538 bits per heavy atom. The molecule has 0 spiro atoms. The number of rotatable bonds is 11. The van der Waals surface area contributed by atoms with Crippen LogP contribution in [-0.4, -0.2) is 191 Å². The number of Topliss-reactive ketones (excluding diaryl/α,β-unsaturated/α-hetero) is 3. The van der Waals surface area contributed by atoms with Crippen LogP contribution in [0.4, 0.5) is 0 Å². The molecule has 2 aromatic rings. The van der Waals surface area contributed by atoms with E-state index in [0.717, 1.165) is 12.2 Å². The number of hydrogen-bond donors (Lipinski definition) is 15. The van der Waals surface area contributed by atoms with E-state index in [9.17, 15) is 101 Å². The Morgan fingerprint density at radius 2 is 0.923 bits per heavy atom. The van der Waals surface area contributed by atoms with Gasteiger partial charge in [-0.2, -0.15) is 0 Å². The maximum atomic E-state index is 14.5. The van der Waals surface area contributed by atoms with Gasteiger partial charge in [0, 0.05) is 0 Å². The maximum absolute atomic E-state index is 14.5. The standard InChI is InChI=1S/C43H42O22/c44-14-24-30(52)32(54)34(56)40(64-24)42(62)36(58)20(28(50)26(38(42)60)22(48)11-5-16-1-7-18(46)8-2-16)13-21-29(51)27(23(49)12-6-17-3-9-19(47)10-4-17)39(61)43(63,37(21)59)41-35(57)33(55)31(53)25(15-45)65-41/h1-13,24-25,30-35,40-41,44-47,52-58,60-63H,14-15H2/b11-5+,12-6+,21-13-/t24?,25?,30?,31?,32?,33?,34?,35?,40-,41-,42+,43-/m1/s1. The second-order valence-electron chi connectivity index (χ2n) is 15.4. The van der Waals surface area contributed by atoms with E-state index in [4.69, 9.17) is 9.47 Å². The van der Waals surface area contributed by atoms with Crippen LogP contribution in [-0.2, 0) is 33.4 Å². The van der Waals surface area contributed by atoms with Crippen LogP contribution in [0.1, 0.15) is 11.1 Å². The number of ether oxygens (including phenoxy) is 2. The fourth-order valence-corrected chi connectivity index (χ4v) is 7.68. The van der Waals surface area contributed by atoms with Crippen molar-refractivity contribution in [2.24, 2.45) is 0 Å². The van der Waals surface area contributed by atoms with Crippen LogP contribution in [0.2, 0.25) is 0 Å². The van der Waals surface area contributed by atoms with Crippen molar-refractivity contribution in [2.75, 3.05) is 13.2 Å². The molecule has 6 rings (SSSR count). The van der Waals surface area contributed by atoms with Crippen molar-refractivity contribution in [3.63, 3.8) is 0 Å². The molecule has 4 aliphatic rings. The Balaban J connectivity index is 1.59. The van der Waals surface area contributed by atoms with Gasteiger partial charge in [0.2, 0.25) is 28.6 Å². The fourth-order valence-electron chi connectivity index (χ4n) is 7.68. The summed E-state index contributed by atoms with van der Waals surface area (Å²) in [5.74, 6) is -14.7. The molecule has 12 atom stereocenters. The second kappa shape index (κ2) is 18.3. The number of phenolic OH excluding ortho intramolecular Hbond substituents is 2. The number of benzene rings is 2. The first-order valence-corrected chi connectivity index (χ1v) is 19.3. The van der Waals surface area contributed by atoms with E-state index in [-0.39, 0.29) is 28.7 Å². The zero-order valence-corrected chi connectivity index (χ0v) is 33.3. The maximum Gasteiger partial charge on any atom is 0.214 e. The van der Waals surface area contributed by atoms with Gasteiger partial charge in [-0.3, -0.25) is 24.0 Å². The molecule has 346 valence electrons. The Bertz CT molecular complexity index is 2460.